The summed E-state index contributed by atoms with van der Waals surface area (Å²) in [5.74, 6) is -0.426. The topological polar surface area (TPSA) is 75.3 Å². The summed E-state index contributed by atoms with van der Waals surface area (Å²) >= 11 is 1.53. The Labute approximate surface area is 204 Å². The van der Waals surface area contributed by atoms with E-state index in [1.165, 1.54) is 23.9 Å². The number of hydrogen-bond acceptors (Lipinski definition) is 4. The molecule has 0 spiro atoms. The van der Waals surface area contributed by atoms with Gasteiger partial charge in [0, 0.05) is 9.79 Å². The van der Waals surface area contributed by atoms with Crippen molar-refractivity contribution in [1.29, 1.82) is 0 Å². The van der Waals surface area contributed by atoms with Crippen molar-refractivity contribution in [3.05, 3.63) is 121 Å². The van der Waals surface area contributed by atoms with E-state index >= 15 is 0 Å². The monoisotopic (exact) mass is 488 g/mol. The van der Waals surface area contributed by atoms with Crippen LogP contribution in [0.25, 0.3) is 0 Å². The molecule has 0 fully saturated rings. The number of benzene rings is 4. The first-order chi connectivity index (χ1) is 16.5. The van der Waals surface area contributed by atoms with E-state index in [1.807, 2.05) is 84.9 Å². The Morgan fingerprint density at radius 1 is 0.735 bits per heavy atom. The van der Waals surface area contributed by atoms with Gasteiger partial charge in [0.05, 0.1) is 10.6 Å². The summed E-state index contributed by atoms with van der Waals surface area (Å²) in [7, 11) is -3.89. The quantitative estimate of drug-likeness (QED) is 0.332. The van der Waals surface area contributed by atoms with Crippen LogP contribution < -0.4 is 10.0 Å². The number of para-hydroxylation sites is 1. The highest BCUT2D eigenvalue weighted by Crippen LogP contribution is 2.33. The lowest BCUT2D eigenvalue weighted by Gasteiger charge is -2.20. The van der Waals surface area contributed by atoms with Gasteiger partial charge in [0.2, 0.25) is 15.9 Å². The van der Waals surface area contributed by atoms with Crippen LogP contribution in [0.15, 0.2) is 130 Å². The van der Waals surface area contributed by atoms with Gasteiger partial charge in [-0.3, -0.25) is 4.79 Å². The molecule has 1 atom stereocenters. The van der Waals surface area contributed by atoms with Gasteiger partial charge in [-0.1, -0.05) is 90.6 Å². The number of carbonyl (C=O) groups is 1. The molecule has 0 bridgehead atoms. The van der Waals surface area contributed by atoms with Gasteiger partial charge < -0.3 is 5.32 Å². The van der Waals surface area contributed by atoms with Crippen molar-refractivity contribution >= 4 is 33.4 Å². The second-order valence-electron chi connectivity index (χ2n) is 7.58. The highest BCUT2D eigenvalue weighted by Gasteiger charge is 2.26. The van der Waals surface area contributed by atoms with E-state index in [2.05, 4.69) is 10.0 Å². The highest BCUT2D eigenvalue weighted by atomic mass is 32.2. The summed E-state index contributed by atoms with van der Waals surface area (Å²) in [6.07, 6.45) is 0.215. The Morgan fingerprint density at radius 2 is 1.29 bits per heavy atom. The number of carbonyl (C=O) groups excluding carboxylic acids is 1. The van der Waals surface area contributed by atoms with Gasteiger partial charge in [-0.25, -0.2) is 8.42 Å². The summed E-state index contributed by atoms with van der Waals surface area (Å²) in [4.78, 5) is 15.4. The van der Waals surface area contributed by atoms with Crippen LogP contribution in [0, 0.1) is 0 Å². The van der Waals surface area contributed by atoms with Crippen LogP contribution in [0.3, 0.4) is 0 Å². The third-order valence-corrected chi connectivity index (χ3v) is 7.64. The third-order valence-electron chi connectivity index (χ3n) is 5.07. The lowest BCUT2D eigenvalue weighted by molar-refractivity contribution is -0.117. The molecule has 1 amide bonds. The molecule has 0 heterocycles. The molecule has 0 aromatic heterocycles. The summed E-state index contributed by atoms with van der Waals surface area (Å²) in [6.45, 7) is 0. The Morgan fingerprint density at radius 3 is 1.97 bits per heavy atom. The Kier molecular flexibility index (Phi) is 7.80. The first-order valence-electron chi connectivity index (χ1n) is 10.8. The summed E-state index contributed by atoms with van der Waals surface area (Å²) in [5.41, 5.74) is 1.48. The van der Waals surface area contributed by atoms with E-state index in [0.29, 0.717) is 5.69 Å². The average Bonchev–Trinajstić information content (AvgIpc) is 2.86. The third kappa shape index (κ3) is 6.35. The van der Waals surface area contributed by atoms with E-state index in [0.717, 1.165) is 15.4 Å². The van der Waals surface area contributed by atoms with E-state index in [9.17, 15) is 13.2 Å². The Balaban J connectivity index is 1.59. The molecule has 0 aliphatic carbocycles. The average molecular weight is 489 g/mol. The van der Waals surface area contributed by atoms with Crippen LogP contribution in [-0.4, -0.2) is 20.4 Å². The van der Waals surface area contributed by atoms with Crippen LogP contribution in [-0.2, 0) is 21.2 Å². The van der Waals surface area contributed by atoms with Gasteiger partial charge in [0.1, 0.15) is 6.04 Å². The number of nitrogens with one attached hydrogen (secondary N) is 2. The molecule has 0 radical (unpaired) electrons. The van der Waals surface area contributed by atoms with Crippen molar-refractivity contribution in [1.82, 2.24) is 4.72 Å². The van der Waals surface area contributed by atoms with Crippen molar-refractivity contribution in [2.45, 2.75) is 27.1 Å². The van der Waals surface area contributed by atoms with Gasteiger partial charge in [0.25, 0.3) is 0 Å². The second kappa shape index (κ2) is 11.2. The number of rotatable bonds is 9. The predicted octanol–water partition coefficient (Wildman–Crippen LogP) is 5.37. The maximum absolute atomic E-state index is 13.4. The molecule has 34 heavy (non-hydrogen) atoms. The fourth-order valence-electron chi connectivity index (χ4n) is 3.39. The summed E-state index contributed by atoms with van der Waals surface area (Å²) < 4.78 is 28.6. The smallest absolute Gasteiger partial charge is 0.242 e. The van der Waals surface area contributed by atoms with Crippen LogP contribution in [0.4, 0.5) is 5.69 Å². The fourth-order valence-corrected chi connectivity index (χ4v) is 5.53. The molecule has 0 aliphatic heterocycles. The zero-order valence-corrected chi connectivity index (χ0v) is 19.9. The van der Waals surface area contributed by atoms with Crippen LogP contribution in [0.2, 0.25) is 0 Å². The van der Waals surface area contributed by atoms with Gasteiger partial charge in [-0.15, -0.1) is 0 Å². The van der Waals surface area contributed by atoms with Crippen molar-refractivity contribution in [2.24, 2.45) is 0 Å². The van der Waals surface area contributed by atoms with E-state index in [4.69, 9.17) is 0 Å². The number of anilines is 1. The SMILES string of the molecule is O=C(Nc1ccccc1Sc1ccccc1)[C@@H](Cc1ccccc1)NS(=O)(=O)c1ccccc1. The van der Waals surface area contributed by atoms with E-state index in [1.54, 1.807) is 18.2 Å². The molecular weight excluding hydrogens is 464 g/mol. The molecule has 5 nitrogen and oxygen atoms in total. The second-order valence-corrected chi connectivity index (χ2v) is 10.4. The molecular formula is C27H24N2O3S2. The largest absolute Gasteiger partial charge is 0.324 e. The van der Waals surface area contributed by atoms with Gasteiger partial charge in [0.15, 0.2) is 0 Å². The lowest BCUT2D eigenvalue weighted by Crippen LogP contribution is -2.45. The minimum atomic E-state index is -3.89. The Bertz CT molecular complexity index is 1330. The highest BCUT2D eigenvalue weighted by molar-refractivity contribution is 7.99. The zero-order chi connectivity index (χ0) is 23.8. The normalized spacial score (nSPS) is 12.1. The maximum atomic E-state index is 13.4. The molecule has 4 aromatic rings. The molecule has 0 saturated heterocycles. The first-order valence-corrected chi connectivity index (χ1v) is 13.1. The van der Waals surface area contributed by atoms with Crippen molar-refractivity contribution in [2.75, 3.05) is 5.32 Å². The van der Waals surface area contributed by atoms with Crippen LogP contribution in [0.5, 0.6) is 0 Å². The van der Waals surface area contributed by atoms with E-state index < -0.39 is 22.0 Å². The van der Waals surface area contributed by atoms with Crippen molar-refractivity contribution in [3.63, 3.8) is 0 Å². The lowest BCUT2D eigenvalue weighted by atomic mass is 10.1. The molecule has 0 saturated carbocycles. The molecule has 4 rings (SSSR count). The predicted molar refractivity (Wildman–Crippen MR) is 136 cm³/mol. The van der Waals surface area contributed by atoms with Crippen LogP contribution >= 0.6 is 11.8 Å². The summed E-state index contributed by atoms with van der Waals surface area (Å²) in [5, 5.41) is 2.94. The fraction of sp³-hybridized carbons (Fsp3) is 0.0741. The van der Waals surface area contributed by atoms with E-state index in [-0.39, 0.29) is 11.3 Å². The first kappa shape index (κ1) is 23.8. The Hall–Kier alpha value is -3.39. The number of sulfonamides is 1. The summed E-state index contributed by atoms with van der Waals surface area (Å²) in [6, 6.07) is 33.7. The molecule has 0 unspecified atom stereocenters. The molecule has 172 valence electrons. The standard InChI is InChI=1S/C27H24N2O3S2/c30-27(28-24-18-10-11-19-26(24)33-22-14-6-2-7-15-22)25(20-21-12-4-1-5-13-21)29-34(31,32)23-16-8-3-9-17-23/h1-19,25,29H,20H2,(H,28,30)/t25-/m1/s1. The minimum absolute atomic E-state index is 0.112. The minimum Gasteiger partial charge on any atom is -0.324 e. The number of amides is 1. The van der Waals surface area contributed by atoms with Crippen molar-refractivity contribution < 1.29 is 13.2 Å². The number of hydrogen-bond donors (Lipinski definition) is 2. The molecule has 0 aliphatic rings. The van der Waals surface area contributed by atoms with Gasteiger partial charge in [-0.05, 0) is 48.4 Å². The zero-order valence-electron chi connectivity index (χ0n) is 18.3. The van der Waals surface area contributed by atoms with Gasteiger partial charge in [-0.2, -0.15) is 4.72 Å². The molecule has 4 aromatic carbocycles. The molecule has 7 heteroatoms. The maximum Gasteiger partial charge on any atom is 0.242 e. The molecule has 2 N–H and O–H groups in total. The van der Waals surface area contributed by atoms with Crippen LogP contribution in [0.1, 0.15) is 5.56 Å². The van der Waals surface area contributed by atoms with Crippen molar-refractivity contribution in [3.8, 4) is 0 Å². The van der Waals surface area contributed by atoms with Gasteiger partial charge >= 0.3 is 0 Å².